The molecule has 0 bridgehead atoms. The van der Waals surface area contributed by atoms with Crippen molar-refractivity contribution in [2.24, 2.45) is 9.98 Å². The number of fused-ring (bicyclic) bond motifs is 1. The lowest BCUT2D eigenvalue weighted by molar-refractivity contribution is 0.624. The Kier molecular flexibility index (Phi) is 4.15. The number of halogens is 2. The highest BCUT2D eigenvalue weighted by molar-refractivity contribution is 6.19. The molecule has 1 aliphatic heterocycles. The summed E-state index contributed by atoms with van der Waals surface area (Å²) in [6, 6.07) is 10.5. The van der Waals surface area contributed by atoms with Crippen molar-refractivity contribution in [1.82, 2.24) is 0 Å². The number of aliphatic imine (C=N–C) groups is 2. The normalized spacial score (nSPS) is 15.2. The van der Waals surface area contributed by atoms with Crippen LogP contribution in [-0.2, 0) is 0 Å². The van der Waals surface area contributed by atoms with E-state index in [-0.39, 0.29) is 13.1 Å². The monoisotopic (exact) mass is 309 g/mol. The third-order valence-electron chi connectivity index (χ3n) is 3.39. The zero-order valence-corrected chi connectivity index (χ0v) is 12.2. The van der Waals surface area contributed by atoms with Crippen molar-refractivity contribution in [3.8, 4) is 12.3 Å². The smallest absolute Gasteiger partial charge is 0.132 e. The number of nitrogens with one attached hydrogen (secondary N) is 1. The van der Waals surface area contributed by atoms with Crippen LogP contribution in [0.2, 0.25) is 0 Å². The van der Waals surface area contributed by atoms with Crippen molar-refractivity contribution in [1.29, 1.82) is 0 Å². The van der Waals surface area contributed by atoms with E-state index in [1.165, 1.54) is 18.2 Å². The van der Waals surface area contributed by atoms with Crippen LogP contribution in [0.15, 0.2) is 52.4 Å². The van der Waals surface area contributed by atoms with Crippen LogP contribution in [-0.4, -0.2) is 24.6 Å². The highest BCUT2D eigenvalue weighted by atomic mass is 19.1. The molecule has 0 saturated heterocycles. The molecule has 0 aromatic heterocycles. The molecular formula is C18H13F2N3. The fraction of sp³-hybridized carbons (Fsp3) is 0.111. The molecule has 114 valence electrons. The van der Waals surface area contributed by atoms with Crippen LogP contribution in [0, 0.1) is 24.0 Å². The minimum absolute atomic E-state index is 0.210. The second-order valence-corrected chi connectivity index (χ2v) is 4.93. The molecule has 3 rings (SSSR count). The SMILES string of the molecule is C#CCN=C1CN=C(c2ccccc2F)c2cc(F)ccc2N1. The number of nitrogens with zero attached hydrogens (tertiary/aromatic N) is 2. The zero-order valence-electron chi connectivity index (χ0n) is 12.2. The molecule has 1 aliphatic rings. The van der Waals surface area contributed by atoms with Crippen molar-refractivity contribution in [2.75, 3.05) is 18.4 Å². The summed E-state index contributed by atoms with van der Waals surface area (Å²) < 4.78 is 27.8. The van der Waals surface area contributed by atoms with E-state index < -0.39 is 11.6 Å². The number of amidine groups is 1. The molecule has 2 aromatic rings. The quantitative estimate of drug-likeness (QED) is 0.849. The average molecular weight is 309 g/mol. The summed E-state index contributed by atoms with van der Waals surface area (Å²) in [6.07, 6.45) is 5.22. The summed E-state index contributed by atoms with van der Waals surface area (Å²) in [5, 5.41) is 3.09. The molecule has 1 heterocycles. The maximum absolute atomic E-state index is 14.1. The highest BCUT2D eigenvalue weighted by Gasteiger charge is 2.19. The van der Waals surface area contributed by atoms with Crippen molar-refractivity contribution in [2.45, 2.75) is 0 Å². The lowest BCUT2D eigenvalue weighted by atomic mass is 10.00. The van der Waals surface area contributed by atoms with Crippen LogP contribution in [0.1, 0.15) is 11.1 Å². The first-order valence-electron chi connectivity index (χ1n) is 7.02. The molecule has 5 heteroatoms. The van der Waals surface area contributed by atoms with E-state index in [2.05, 4.69) is 21.2 Å². The molecule has 0 unspecified atom stereocenters. The van der Waals surface area contributed by atoms with Gasteiger partial charge in [-0.2, -0.15) is 0 Å². The second-order valence-electron chi connectivity index (χ2n) is 4.93. The van der Waals surface area contributed by atoms with Crippen molar-refractivity contribution < 1.29 is 8.78 Å². The first-order chi connectivity index (χ1) is 11.2. The number of terminal acetylenes is 1. The number of benzodiazepines with no additional fused rings is 1. The van der Waals surface area contributed by atoms with Gasteiger partial charge in [-0.05, 0) is 30.3 Å². The van der Waals surface area contributed by atoms with Gasteiger partial charge < -0.3 is 5.32 Å². The third-order valence-corrected chi connectivity index (χ3v) is 3.39. The van der Waals surface area contributed by atoms with Gasteiger partial charge in [0.1, 0.15) is 24.0 Å². The largest absolute Gasteiger partial charge is 0.342 e. The van der Waals surface area contributed by atoms with Gasteiger partial charge in [0.15, 0.2) is 0 Å². The fourth-order valence-corrected chi connectivity index (χ4v) is 2.37. The molecular weight excluding hydrogens is 296 g/mol. The van der Waals surface area contributed by atoms with Crippen LogP contribution in [0.25, 0.3) is 0 Å². The predicted octanol–water partition coefficient (Wildman–Crippen LogP) is 3.26. The van der Waals surface area contributed by atoms with E-state index in [1.807, 2.05) is 0 Å². The number of benzene rings is 2. The van der Waals surface area contributed by atoms with Crippen LogP contribution < -0.4 is 5.32 Å². The van der Waals surface area contributed by atoms with Crippen molar-refractivity contribution >= 4 is 17.2 Å². The van der Waals surface area contributed by atoms with Gasteiger partial charge in [0.25, 0.3) is 0 Å². The minimum atomic E-state index is -0.418. The lowest BCUT2D eigenvalue weighted by Gasteiger charge is -2.11. The molecule has 0 saturated carbocycles. The molecule has 0 atom stereocenters. The van der Waals surface area contributed by atoms with E-state index in [4.69, 9.17) is 6.42 Å². The molecule has 0 spiro atoms. The van der Waals surface area contributed by atoms with Gasteiger partial charge in [0.05, 0.1) is 12.3 Å². The third kappa shape index (κ3) is 3.11. The topological polar surface area (TPSA) is 36.8 Å². The Labute approximate surface area is 132 Å². The molecule has 1 N–H and O–H groups in total. The lowest BCUT2D eigenvalue weighted by Crippen LogP contribution is -2.15. The maximum Gasteiger partial charge on any atom is 0.132 e. The minimum Gasteiger partial charge on any atom is -0.342 e. The van der Waals surface area contributed by atoms with Gasteiger partial charge in [-0.15, -0.1) is 6.42 Å². The fourth-order valence-electron chi connectivity index (χ4n) is 2.37. The molecule has 3 nitrogen and oxygen atoms in total. The Morgan fingerprint density at radius 2 is 2.00 bits per heavy atom. The van der Waals surface area contributed by atoms with E-state index in [1.54, 1.807) is 24.3 Å². The standard InChI is InChI=1S/C18H13F2N3/c1-2-9-21-17-11-22-18(13-5-3-4-6-15(13)20)14-10-12(19)7-8-16(14)23-17/h1,3-8,10H,9,11H2,(H,21,23). The Hall–Kier alpha value is -3.00. The molecule has 0 amide bonds. The summed E-state index contributed by atoms with van der Waals surface area (Å²) in [7, 11) is 0. The molecule has 0 aliphatic carbocycles. The Bertz CT molecular complexity index is 848. The Morgan fingerprint density at radius 3 is 2.78 bits per heavy atom. The maximum atomic E-state index is 14.1. The van der Waals surface area contributed by atoms with Gasteiger partial charge in [-0.25, -0.2) is 8.78 Å². The number of anilines is 1. The van der Waals surface area contributed by atoms with Crippen LogP contribution in [0.4, 0.5) is 14.5 Å². The Morgan fingerprint density at radius 1 is 1.17 bits per heavy atom. The van der Waals surface area contributed by atoms with Crippen LogP contribution >= 0.6 is 0 Å². The van der Waals surface area contributed by atoms with Gasteiger partial charge in [0.2, 0.25) is 0 Å². The highest BCUT2D eigenvalue weighted by Crippen LogP contribution is 2.25. The predicted molar refractivity (Wildman–Crippen MR) is 88.1 cm³/mol. The van der Waals surface area contributed by atoms with Crippen LogP contribution in [0.5, 0.6) is 0 Å². The first-order valence-corrected chi connectivity index (χ1v) is 7.02. The second kappa shape index (κ2) is 6.41. The summed E-state index contributed by atoms with van der Waals surface area (Å²) in [5.41, 5.74) is 1.80. The molecule has 2 aromatic carbocycles. The van der Waals surface area contributed by atoms with Crippen molar-refractivity contribution in [3.05, 3.63) is 65.2 Å². The van der Waals surface area contributed by atoms with E-state index in [9.17, 15) is 8.78 Å². The zero-order chi connectivity index (χ0) is 16.2. The summed E-state index contributed by atoms with van der Waals surface area (Å²) in [4.78, 5) is 8.63. The van der Waals surface area contributed by atoms with E-state index in [0.717, 1.165) is 0 Å². The summed E-state index contributed by atoms with van der Waals surface area (Å²) >= 11 is 0. The van der Waals surface area contributed by atoms with Crippen LogP contribution in [0.3, 0.4) is 0 Å². The number of rotatable bonds is 2. The molecule has 0 radical (unpaired) electrons. The van der Waals surface area contributed by atoms with Crippen molar-refractivity contribution in [3.63, 3.8) is 0 Å². The Balaban J connectivity index is 2.16. The van der Waals surface area contributed by atoms with E-state index in [0.29, 0.717) is 28.4 Å². The number of hydrogen-bond donors (Lipinski definition) is 1. The number of hydrogen-bond acceptors (Lipinski definition) is 2. The van der Waals surface area contributed by atoms with Gasteiger partial charge >= 0.3 is 0 Å². The first kappa shape index (κ1) is 14.9. The average Bonchev–Trinajstić information content (AvgIpc) is 2.72. The molecule has 0 fully saturated rings. The summed E-state index contributed by atoms with van der Waals surface area (Å²) in [6.45, 7) is 0.422. The van der Waals surface area contributed by atoms with Gasteiger partial charge in [-0.1, -0.05) is 18.1 Å². The molecule has 23 heavy (non-hydrogen) atoms. The van der Waals surface area contributed by atoms with Gasteiger partial charge in [-0.3, -0.25) is 9.98 Å². The van der Waals surface area contributed by atoms with E-state index >= 15 is 0 Å². The summed E-state index contributed by atoms with van der Waals surface area (Å²) in [5.74, 6) is 2.15. The van der Waals surface area contributed by atoms with Gasteiger partial charge in [0, 0.05) is 16.8 Å².